The van der Waals surface area contributed by atoms with E-state index in [0.29, 0.717) is 18.5 Å². The Balaban J connectivity index is 0.000000136. The zero-order valence-electron chi connectivity index (χ0n) is 30.1. The quantitative estimate of drug-likeness (QED) is 0.154. The van der Waals surface area contributed by atoms with Crippen LogP contribution in [0.3, 0.4) is 0 Å². The van der Waals surface area contributed by atoms with E-state index in [0.717, 1.165) is 76.4 Å². The average Bonchev–Trinajstić information content (AvgIpc) is 3.72. The van der Waals surface area contributed by atoms with Crippen molar-refractivity contribution in [3.63, 3.8) is 0 Å². The van der Waals surface area contributed by atoms with Gasteiger partial charge in [0.25, 0.3) is 0 Å². The summed E-state index contributed by atoms with van der Waals surface area (Å²) in [6.45, 7) is 2.15. The number of aromatic nitrogens is 2. The summed E-state index contributed by atoms with van der Waals surface area (Å²) in [7, 11) is 0. The lowest BCUT2D eigenvalue weighted by molar-refractivity contribution is 0.361. The molecule has 0 fully saturated rings. The molecule has 5 aliphatic rings. The van der Waals surface area contributed by atoms with Crippen LogP contribution in [0.25, 0.3) is 11.1 Å². The Morgan fingerprint density at radius 1 is 0.704 bits per heavy atom. The van der Waals surface area contributed by atoms with E-state index in [-0.39, 0.29) is 16.6 Å². The second-order valence-corrected chi connectivity index (χ2v) is 16.8. The highest BCUT2D eigenvalue weighted by Gasteiger charge is 2.39. The minimum absolute atomic E-state index is 0.0168. The van der Waals surface area contributed by atoms with Gasteiger partial charge in [-0.1, -0.05) is 74.3 Å². The third-order valence-electron chi connectivity index (χ3n) is 11.1. The van der Waals surface area contributed by atoms with Crippen LogP contribution in [0.5, 0.6) is 0 Å². The van der Waals surface area contributed by atoms with Gasteiger partial charge in [-0.25, -0.2) is 9.97 Å². The Morgan fingerprint density at radius 2 is 1.17 bits per heavy atom. The van der Waals surface area contributed by atoms with Crippen molar-refractivity contribution in [3.05, 3.63) is 116 Å². The predicted octanol–water partition coefficient (Wildman–Crippen LogP) is 5.34. The van der Waals surface area contributed by atoms with Crippen LogP contribution in [0.2, 0.25) is 0 Å². The molecule has 9 rings (SSSR count). The summed E-state index contributed by atoms with van der Waals surface area (Å²) >= 11 is 9.64. The topological polar surface area (TPSA) is 202 Å². The summed E-state index contributed by atoms with van der Waals surface area (Å²) < 4.78 is 2.43. The highest BCUT2D eigenvalue weighted by atomic mass is 79.9. The molecule has 282 valence electrons. The maximum atomic E-state index is 7.24. The molecule has 0 saturated heterocycles. The Kier molecular flexibility index (Phi) is 12.7. The molecule has 0 bridgehead atoms. The van der Waals surface area contributed by atoms with Gasteiger partial charge >= 0.3 is 0 Å². The summed E-state index contributed by atoms with van der Waals surface area (Å²) in [5.74, 6) is 1.17. The van der Waals surface area contributed by atoms with E-state index in [1.807, 2.05) is 12.4 Å². The molecule has 14 heteroatoms. The molecule has 3 aliphatic carbocycles. The molecule has 1 aromatic heterocycles. The summed E-state index contributed by atoms with van der Waals surface area (Å²) in [6, 6.07) is 19.2. The maximum Gasteiger partial charge on any atom is 0.189 e. The molecule has 2 aliphatic heterocycles. The summed E-state index contributed by atoms with van der Waals surface area (Å²) in [4.78, 5) is 18.4. The highest BCUT2D eigenvalue weighted by Crippen LogP contribution is 2.37. The van der Waals surface area contributed by atoms with E-state index in [2.05, 4.69) is 133 Å². The van der Waals surface area contributed by atoms with E-state index in [9.17, 15) is 0 Å². The molecule has 54 heavy (non-hydrogen) atoms. The van der Waals surface area contributed by atoms with Gasteiger partial charge in [0.05, 0.1) is 24.2 Å². The second kappa shape index (κ2) is 17.3. The molecule has 3 atom stereocenters. The first-order valence-electron chi connectivity index (χ1n) is 18.0. The van der Waals surface area contributed by atoms with Crippen molar-refractivity contribution >= 4 is 59.7 Å². The van der Waals surface area contributed by atoms with Crippen molar-refractivity contribution in [2.24, 2.45) is 32.9 Å². The smallest absolute Gasteiger partial charge is 0.189 e. The van der Waals surface area contributed by atoms with Crippen LogP contribution in [0, 0.1) is 10.2 Å². The van der Waals surface area contributed by atoms with Crippen LogP contribution in [0.15, 0.2) is 92.2 Å². The number of hydrogen-bond acceptors (Lipinski definition) is 11. The minimum atomic E-state index is -0.187. The van der Waals surface area contributed by atoms with Crippen LogP contribution >= 0.6 is 47.8 Å². The molecular weight excluding hydrogens is 874 g/mol. The fourth-order valence-corrected chi connectivity index (χ4v) is 9.42. The third kappa shape index (κ3) is 9.14. The van der Waals surface area contributed by atoms with Gasteiger partial charge in [-0.15, -0.1) is 0 Å². The third-order valence-corrected chi connectivity index (χ3v) is 12.5. The van der Waals surface area contributed by atoms with Crippen molar-refractivity contribution in [1.29, 1.82) is 5.26 Å². The van der Waals surface area contributed by atoms with Gasteiger partial charge in [-0.05, 0) is 109 Å². The van der Waals surface area contributed by atoms with Crippen molar-refractivity contribution in [2.45, 2.75) is 74.4 Å². The van der Waals surface area contributed by atoms with Crippen LogP contribution < -0.4 is 33.6 Å². The van der Waals surface area contributed by atoms with E-state index in [1.54, 1.807) is 11.3 Å². The minimum Gasteiger partial charge on any atom is -0.370 e. The number of nitrogens with zero attached hydrogens (tertiary/aromatic N) is 5. The molecule has 10 N–H and O–H groups in total. The van der Waals surface area contributed by atoms with Gasteiger partial charge in [-0.2, -0.15) is 5.26 Å². The number of halogens is 3. The monoisotopic (exact) mass is 917 g/mol. The molecule has 11 nitrogen and oxygen atoms in total. The van der Waals surface area contributed by atoms with Crippen LogP contribution in [-0.2, 0) is 38.5 Å². The van der Waals surface area contributed by atoms with Crippen LogP contribution in [0.1, 0.15) is 52.6 Å². The van der Waals surface area contributed by atoms with Gasteiger partial charge in [0.15, 0.2) is 11.9 Å². The maximum absolute atomic E-state index is 7.24. The van der Waals surface area contributed by atoms with Gasteiger partial charge in [0.1, 0.15) is 11.3 Å². The summed E-state index contributed by atoms with van der Waals surface area (Å²) in [6.07, 6.45) is 14.5. The van der Waals surface area contributed by atoms with Crippen molar-refractivity contribution < 1.29 is 0 Å². The fourth-order valence-electron chi connectivity index (χ4n) is 8.21. The number of rotatable bonds is 2. The standard InChI is InChI=1S/C16H17N5.C12H14BrN3.C11H15BrN2.CBrN/c17-15-20-9-16(21-15)5-4-14-11(6-16)2-1-3-13(14)12-7-18-10-19-8-12;13-10-3-1-2-8-6-12(5-4-9(8)10)7-15-11(14)16-12;12-10-3-1-2-8-6-11(14,7-13)5-4-9(8)10;2-1-3/h1-3,7-8,10H,4-6,9H2,(H3,17,20,21);1-3H,4-7H2,(H3,14,15,16);1-3H,4-7,13-14H2;. The first-order chi connectivity index (χ1) is 26.0. The number of benzene rings is 3. The molecular formula is C40H46Br3N11. The molecule has 4 aromatic rings. The first kappa shape index (κ1) is 39.8. The zero-order chi connectivity index (χ0) is 38.3. The average molecular weight is 921 g/mol. The predicted molar refractivity (Wildman–Crippen MR) is 227 cm³/mol. The molecule has 0 amide bonds. The Morgan fingerprint density at radius 3 is 1.67 bits per heavy atom. The fraction of sp³-hybridized carbons (Fsp3) is 0.375. The highest BCUT2D eigenvalue weighted by molar-refractivity contribution is 9.12. The Labute approximate surface area is 342 Å². The molecule has 3 aromatic carbocycles. The largest absolute Gasteiger partial charge is 0.370 e. The van der Waals surface area contributed by atoms with Crippen LogP contribution in [-0.4, -0.2) is 58.1 Å². The van der Waals surface area contributed by atoms with Gasteiger partial charge in [0, 0.05) is 54.9 Å². The zero-order valence-corrected chi connectivity index (χ0v) is 34.9. The number of nitrogens with two attached hydrogens (primary N) is 4. The Hall–Kier alpha value is -3.87. The molecule has 3 unspecified atom stereocenters. The molecule has 3 heterocycles. The number of fused-ring (bicyclic) bond motifs is 3. The van der Waals surface area contributed by atoms with Crippen molar-refractivity contribution in [3.8, 4) is 16.1 Å². The van der Waals surface area contributed by atoms with E-state index >= 15 is 0 Å². The van der Waals surface area contributed by atoms with Crippen molar-refractivity contribution in [2.75, 3.05) is 19.6 Å². The number of guanidine groups is 2. The van der Waals surface area contributed by atoms with E-state index in [4.69, 9.17) is 28.2 Å². The van der Waals surface area contributed by atoms with Gasteiger partial charge in [0.2, 0.25) is 0 Å². The molecule has 0 radical (unpaired) electrons. The first-order valence-corrected chi connectivity index (χ1v) is 20.4. The number of nitriles is 1. The SMILES string of the molecule is N#CBr.NC1=NCC2(CCc3c(Br)cccc3C2)N1.NC1=NCC2(CCc3c(cccc3-c3cncnc3)C2)N1.NCC1(N)CCc2c(Br)cccc2C1. The number of aliphatic imine (C=N–C) groups is 2. The lowest BCUT2D eigenvalue weighted by Crippen LogP contribution is -2.51. The van der Waals surface area contributed by atoms with E-state index in [1.165, 1.54) is 47.9 Å². The molecule has 2 spiro atoms. The van der Waals surface area contributed by atoms with Crippen LogP contribution in [0.4, 0.5) is 0 Å². The molecule has 0 saturated carbocycles. The van der Waals surface area contributed by atoms with E-state index < -0.39 is 0 Å². The number of nitrogens with one attached hydrogen (secondary N) is 2. The summed E-state index contributed by atoms with van der Waals surface area (Å²) in [5, 5.41) is 14.0. The number of hydrogen-bond donors (Lipinski definition) is 6. The normalized spacial score (nSPS) is 24.1. The van der Waals surface area contributed by atoms with Gasteiger partial charge < -0.3 is 33.6 Å². The lowest BCUT2D eigenvalue weighted by Gasteiger charge is -2.35. The second-order valence-electron chi connectivity index (χ2n) is 14.7. The summed E-state index contributed by atoms with van der Waals surface area (Å²) in [5.41, 5.74) is 34.0. The Bertz CT molecular complexity index is 2070. The lowest BCUT2D eigenvalue weighted by atomic mass is 9.76. The van der Waals surface area contributed by atoms with Gasteiger partial charge in [-0.3, -0.25) is 9.98 Å². The van der Waals surface area contributed by atoms with Crippen molar-refractivity contribution in [1.82, 2.24) is 20.6 Å².